The standard InChI is InChI=1S/C11H18N4O/c1-11(16)5-7-15(8-11)9-4-6-12-10(13-9)14(2)3/h4,6,16H,5,7-8H2,1-3H3. The van der Waals surface area contributed by atoms with Crippen molar-refractivity contribution in [3.63, 3.8) is 0 Å². The van der Waals surface area contributed by atoms with Gasteiger partial charge in [-0.1, -0.05) is 0 Å². The van der Waals surface area contributed by atoms with Crippen molar-refractivity contribution in [2.75, 3.05) is 37.0 Å². The number of hydrogen-bond acceptors (Lipinski definition) is 5. The summed E-state index contributed by atoms with van der Waals surface area (Å²) in [5, 5.41) is 9.91. The van der Waals surface area contributed by atoms with Crippen molar-refractivity contribution in [1.82, 2.24) is 9.97 Å². The van der Waals surface area contributed by atoms with Gasteiger partial charge < -0.3 is 14.9 Å². The summed E-state index contributed by atoms with van der Waals surface area (Å²) in [6.07, 6.45) is 2.54. The molecule has 1 saturated heterocycles. The minimum atomic E-state index is -0.594. The van der Waals surface area contributed by atoms with Crippen LogP contribution in [0.2, 0.25) is 0 Å². The highest BCUT2D eigenvalue weighted by Gasteiger charge is 2.32. The van der Waals surface area contributed by atoms with Crippen LogP contribution in [0.5, 0.6) is 0 Å². The average Bonchev–Trinajstić information content (AvgIpc) is 2.59. The summed E-state index contributed by atoms with van der Waals surface area (Å²) in [5.41, 5.74) is -0.594. The van der Waals surface area contributed by atoms with Gasteiger partial charge in [0.2, 0.25) is 5.95 Å². The second-order valence-electron chi connectivity index (χ2n) is 4.78. The summed E-state index contributed by atoms with van der Waals surface area (Å²) in [6, 6.07) is 1.88. The fourth-order valence-electron chi connectivity index (χ4n) is 1.87. The van der Waals surface area contributed by atoms with Crippen molar-refractivity contribution in [3.05, 3.63) is 12.3 Å². The van der Waals surface area contributed by atoms with Crippen molar-refractivity contribution < 1.29 is 5.11 Å². The van der Waals surface area contributed by atoms with Gasteiger partial charge in [-0.15, -0.1) is 0 Å². The average molecular weight is 222 g/mol. The predicted molar refractivity (Wildman–Crippen MR) is 63.8 cm³/mol. The largest absolute Gasteiger partial charge is 0.388 e. The first kappa shape index (κ1) is 11.1. The van der Waals surface area contributed by atoms with E-state index in [1.165, 1.54) is 0 Å². The molecule has 16 heavy (non-hydrogen) atoms. The molecule has 1 N–H and O–H groups in total. The lowest BCUT2D eigenvalue weighted by Gasteiger charge is -2.20. The summed E-state index contributed by atoms with van der Waals surface area (Å²) in [7, 11) is 3.83. The fraction of sp³-hybridized carbons (Fsp3) is 0.636. The minimum Gasteiger partial charge on any atom is -0.388 e. The van der Waals surface area contributed by atoms with Crippen molar-refractivity contribution in [2.24, 2.45) is 0 Å². The smallest absolute Gasteiger partial charge is 0.226 e. The Balaban J connectivity index is 2.19. The van der Waals surface area contributed by atoms with Crippen LogP contribution in [0, 0.1) is 0 Å². The number of rotatable bonds is 2. The van der Waals surface area contributed by atoms with Crippen molar-refractivity contribution in [2.45, 2.75) is 18.9 Å². The van der Waals surface area contributed by atoms with Gasteiger partial charge in [0.05, 0.1) is 5.60 Å². The summed E-state index contributed by atoms with van der Waals surface area (Å²) >= 11 is 0. The molecule has 88 valence electrons. The number of aliphatic hydroxyl groups is 1. The van der Waals surface area contributed by atoms with Crippen LogP contribution in [-0.2, 0) is 0 Å². The summed E-state index contributed by atoms with van der Waals surface area (Å²) < 4.78 is 0. The van der Waals surface area contributed by atoms with Crippen LogP contribution in [-0.4, -0.2) is 47.9 Å². The Bertz CT molecular complexity index is 378. The molecule has 0 aliphatic carbocycles. The highest BCUT2D eigenvalue weighted by atomic mass is 16.3. The molecule has 0 radical (unpaired) electrons. The molecule has 1 aliphatic heterocycles. The van der Waals surface area contributed by atoms with Gasteiger partial charge in [0, 0.05) is 33.4 Å². The molecule has 1 aliphatic rings. The molecule has 5 heteroatoms. The lowest BCUT2D eigenvalue weighted by atomic mass is 10.1. The quantitative estimate of drug-likeness (QED) is 0.790. The van der Waals surface area contributed by atoms with Crippen molar-refractivity contribution in [1.29, 1.82) is 0 Å². The number of hydrogen-bond donors (Lipinski definition) is 1. The monoisotopic (exact) mass is 222 g/mol. The van der Waals surface area contributed by atoms with E-state index in [0.717, 1.165) is 18.8 Å². The first-order chi connectivity index (χ1) is 7.48. The number of aromatic nitrogens is 2. The highest BCUT2D eigenvalue weighted by Crippen LogP contribution is 2.25. The van der Waals surface area contributed by atoms with Crippen LogP contribution in [0.4, 0.5) is 11.8 Å². The van der Waals surface area contributed by atoms with E-state index in [1.54, 1.807) is 6.20 Å². The maximum atomic E-state index is 9.91. The van der Waals surface area contributed by atoms with Crippen molar-refractivity contribution in [3.8, 4) is 0 Å². The molecule has 5 nitrogen and oxygen atoms in total. The van der Waals surface area contributed by atoms with E-state index in [1.807, 2.05) is 32.0 Å². The molecule has 1 unspecified atom stereocenters. The Hall–Kier alpha value is -1.36. The molecular formula is C11H18N4O. The Labute approximate surface area is 95.7 Å². The lowest BCUT2D eigenvalue weighted by molar-refractivity contribution is 0.0839. The van der Waals surface area contributed by atoms with Gasteiger partial charge in [0.25, 0.3) is 0 Å². The van der Waals surface area contributed by atoms with Gasteiger partial charge in [0.1, 0.15) is 5.82 Å². The SMILES string of the molecule is CN(C)c1nccc(N2CCC(C)(O)C2)n1. The minimum absolute atomic E-state index is 0.594. The van der Waals surface area contributed by atoms with Crippen LogP contribution in [0.25, 0.3) is 0 Å². The van der Waals surface area contributed by atoms with Crippen LogP contribution in [0.3, 0.4) is 0 Å². The van der Waals surface area contributed by atoms with Gasteiger partial charge in [0.15, 0.2) is 0 Å². The first-order valence-electron chi connectivity index (χ1n) is 5.46. The fourth-order valence-corrected chi connectivity index (χ4v) is 1.87. The van der Waals surface area contributed by atoms with Crippen LogP contribution >= 0.6 is 0 Å². The molecule has 1 aromatic rings. The summed E-state index contributed by atoms with van der Waals surface area (Å²) in [5.74, 6) is 1.58. The van der Waals surface area contributed by atoms with E-state index in [2.05, 4.69) is 14.9 Å². The topological polar surface area (TPSA) is 52.5 Å². The zero-order valence-corrected chi connectivity index (χ0v) is 10.0. The Morgan fingerprint density at radius 3 is 2.81 bits per heavy atom. The number of β-amino-alcohol motifs (C(OH)–C–C–N with tert-alkyl or cyclic N) is 1. The Morgan fingerprint density at radius 1 is 1.50 bits per heavy atom. The molecule has 0 saturated carbocycles. The maximum absolute atomic E-state index is 9.91. The maximum Gasteiger partial charge on any atom is 0.226 e. The van der Waals surface area contributed by atoms with E-state index in [-0.39, 0.29) is 0 Å². The molecule has 2 rings (SSSR count). The number of nitrogens with zero attached hydrogens (tertiary/aromatic N) is 4. The molecular weight excluding hydrogens is 204 g/mol. The Kier molecular flexibility index (Phi) is 2.71. The van der Waals surface area contributed by atoms with Crippen LogP contribution in [0.15, 0.2) is 12.3 Å². The predicted octanol–water partition coefficient (Wildman–Crippen LogP) is 0.504. The van der Waals surface area contributed by atoms with E-state index in [0.29, 0.717) is 12.5 Å². The molecule has 0 spiro atoms. The third-order valence-electron chi connectivity index (χ3n) is 2.80. The first-order valence-corrected chi connectivity index (χ1v) is 5.46. The molecule has 0 bridgehead atoms. The zero-order valence-electron chi connectivity index (χ0n) is 10.0. The second-order valence-corrected chi connectivity index (χ2v) is 4.78. The zero-order chi connectivity index (χ0) is 11.8. The van der Waals surface area contributed by atoms with Gasteiger partial charge >= 0.3 is 0 Å². The van der Waals surface area contributed by atoms with E-state index >= 15 is 0 Å². The molecule has 2 heterocycles. The van der Waals surface area contributed by atoms with Gasteiger partial charge in [-0.3, -0.25) is 0 Å². The molecule has 0 aromatic carbocycles. The van der Waals surface area contributed by atoms with Crippen LogP contribution < -0.4 is 9.80 Å². The van der Waals surface area contributed by atoms with Crippen molar-refractivity contribution >= 4 is 11.8 Å². The lowest BCUT2D eigenvalue weighted by Crippen LogP contribution is -2.30. The molecule has 1 aromatic heterocycles. The molecule has 0 amide bonds. The van der Waals surface area contributed by atoms with Gasteiger partial charge in [-0.05, 0) is 19.4 Å². The molecule has 1 atom stereocenters. The van der Waals surface area contributed by atoms with Gasteiger partial charge in [-0.25, -0.2) is 4.98 Å². The third-order valence-corrected chi connectivity index (χ3v) is 2.80. The third kappa shape index (κ3) is 2.24. The van der Waals surface area contributed by atoms with E-state index in [4.69, 9.17) is 0 Å². The number of anilines is 2. The summed E-state index contributed by atoms with van der Waals surface area (Å²) in [6.45, 7) is 3.34. The summed E-state index contributed by atoms with van der Waals surface area (Å²) in [4.78, 5) is 12.6. The highest BCUT2D eigenvalue weighted by molar-refractivity contribution is 5.44. The normalized spacial score (nSPS) is 24.9. The van der Waals surface area contributed by atoms with Gasteiger partial charge in [-0.2, -0.15) is 4.98 Å². The van der Waals surface area contributed by atoms with E-state index in [9.17, 15) is 5.11 Å². The molecule has 1 fully saturated rings. The van der Waals surface area contributed by atoms with Crippen LogP contribution in [0.1, 0.15) is 13.3 Å². The second kappa shape index (κ2) is 3.90. The Morgan fingerprint density at radius 2 is 2.25 bits per heavy atom. The van der Waals surface area contributed by atoms with E-state index < -0.39 is 5.60 Å².